The van der Waals surface area contributed by atoms with E-state index < -0.39 is 60.6 Å². The van der Waals surface area contributed by atoms with Gasteiger partial charge in [-0.1, -0.05) is 122 Å². The van der Waals surface area contributed by atoms with Crippen molar-refractivity contribution in [1.82, 2.24) is 36.4 Å². The van der Waals surface area contributed by atoms with E-state index in [0.29, 0.717) is 28.9 Å². The highest BCUT2D eigenvalue weighted by atomic mass is 16.3. The van der Waals surface area contributed by atoms with Crippen LogP contribution < -0.4 is 26.6 Å². The average Bonchev–Trinajstić information content (AvgIpc) is 3.30. The van der Waals surface area contributed by atoms with Gasteiger partial charge in [0, 0.05) is 54.3 Å². The van der Waals surface area contributed by atoms with Gasteiger partial charge in [-0.25, -0.2) is 0 Å². The molecule has 0 spiro atoms. The summed E-state index contributed by atoms with van der Waals surface area (Å²) in [5.41, 5.74) is 2.51. The SMILES string of the molecule is C#CN(C(=O)CCCCCCCCCCCCCCC)[C@H](CO)C(=C)N[C@H](C)C(=O)NCC(=C)N(C)[C@@H]1C(=O)N[C@@H](C)C(=O)N[C@H](C(=C)NC[C@H](C)O)Cc2ccc(O)c(c2)-c2cc1ccc2O. The number of hydrogen-bond donors (Lipinski definition) is 9. The fraction of sp³-hybridized carbons (Fsp3) is 0.547. The van der Waals surface area contributed by atoms with Crippen molar-refractivity contribution in [3.63, 3.8) is 0 Å². The molecular formula is C53H79N7O8. The van der Waals surface area contributed by atoms with Crippen LogP contribution in [0, 0.1) is 12.5 Å². The van der Waals surface area contributed by atoms with Crippen LogP contribution in [0.2, 0.25) is 0 Å². The first-order chi connectivity index (χ1) is 32.4. The van der Waals surface area contributed by atoms with Gasteiger partial charge in [0.25, 0.3) is 0 Å². The molecule has 0 aliphatic carbocycles. The first-order valence-corrected chi connectivity index (χ1v) is 24.3. The summed E-state index contributed by atoms with van der Waals surface area (Å²) in [7, 11) is 1.60. The molecule has 0 saturated carbocycles. The molecule has 1 aliphatic rings. The molecular weight excluding hydrogens is 863 g/mol. The molecule has 15 heteroatoms. The maximum Gasteiger partial charge on any atom is 0.247 e. The second-order valence-electron chi connectivity index (χ2n) is 18.2. The van der Waals surface area contributed by atoms with Gasteiger partial charge in [0.1, 0.15) is 35.7 Å². The zero-order chi connectivity index (χ0) is 50.3. The third kappa shape index (κ3) is 17.6. The monoisotopic (exact) mass is 942 g/mol. The molecule has 1 aliphatic heterocycles. The van der Waals surface area contributed by atoms with Gasteiger partial charge in [0.05, 0.1) is 25.3 Å². The minimum atomic E-state index is -1.15. The third-order valence-corrected chi connectivity index (χ3v) is 12.4. The Morgan fingerprint density at radius 2 is 1.43 bits per heavy atom. The molecule has 2 aromatic carbocycles. The largest absolute Gasteiger partial charge is 0.507 e. The molecule has 1 heterocycles. The van der Waals surface area contributed by atoms with Crippen LogP contribution in [0.4, 0.5) is 0 Å². The number of rotatable bonds is 28. The van der Waals surface area contributed by atoms with Crippen molar-refractivity contribution in [3.8, 4) is 35.1 Å². The van der Waals surface area contributed by atoms with E-state index in [1.807, 2.05) is 0 Å². The lowest BCUT2D eigenvalue weighted by Crippen LogP contribution is -2.52. The van der Waals surface area contributed by atoms with Crippen molar-refractivity contribution >= 4 is 23.6 Å². The molecule has 0 saturated heterocycles. The Morgan fingerprint density at radius 1 is 0.853 bits per heavy atom. The number of benzene rings is 2. The second-order valence-corrected chi connectivity index (χ2v) is 18.2. The van der Waals surface area contributed by atoms with Gasteiger partial charge in [0.15, 0.2) is 0 Å². The summed E-state index contributed by atoms with van der Waals surface area (Å²) in [5, 5.41) is 56.9. The number of nitrogens with zero attached hydrogens (tertiary/aromatic N) is 2. The van der Waals surface area contributed by atoms with E-state index in [-0.39, 0.29) is 60.2 Å². The number of aliphatic hydroxyl groups excluding tert-OH is 2. The maximum atomic E-state index is 14.3. The number of phenolic OH excluding ortho intramolecular Hbond substituents is 2. The summed E-state index contributed by atoms with van der Waals surface area (Å²) in [6, 6.07) is 7.06. The number of carbonyl (C=O) groups excluding carboxylic acids is 4. The molecule has 4 amide bonds. The summed E-state index contributed by atoms with van der Waals surface area (Å²) in [4.78, 5) is 57.2. The number of amides is 4. The Kier molecular flexibility index (Phi) is 24.1. The van der Waals surface area contributed by atoms with Crippen molar-refractivity contribution in [2.45, 2.75) is 160 Å². The average molecular weight is 942 g/mol. The summed E-state index contributed by atoms with van der Waals surface area (Å²) in [6.45, 7) is 18.7. The molecule has 0 fully saturated rings. The minimum Gasteiger partial charge on any atom is -0.507 e. The summed E-state index contributed by atoms with van der Waals surface area (Å²) < 4.78 is 0. The van der Waals surface area contributed by atoms with Crippen LogP contribution in [0.1, 0.15) is 135 Å². The molecule has 0 radical (unpaired) electrons. The quantitative estimate of drug-likeness (QED) is 0.0268. The number of phenols is 2. The first-order valence-electron chi connectivity index (χ1n) is 24.3. The van der Waals surface area contributed by atoms with Crippen molar-refractivity contribution in [2.75, 3.05) is 26.7 Å². The van der Waals surface area contributed by atoms with E-state index in [1.54, 1.807) is 45.2 Å². The number of aliphatic hydroxyl groups is 2. The van der Waals surface area contributed by atoms with Crippen LogP contribution in [0.3, 0.4) is 0 Å². The lowest BCUT2D eigenvalue weighted by Gasteiger charge is -2.33. The van der Waals surface area contributed by atoms with E-state index in [1.165, 1.54) is 81.7 Å². The molecule has 9 N–H and O–H groups in total. The highest BCUT2D eigenvalue weighted by Gasteiger charge is 2.32. The van der Waals surface area contributed by atoms with E-state index >= 15 is 0 Å². The van der Waals surface area contributed by atoms with Crippen LogP contribution in [0.5, 0.6) is 11.5 Å². The van der Waals surface area contributed by atoms with Gasteiger partial charge in [-0.05, 0) is 69.0 Å². The number of nitrogens with one attached hydrogen (secondary N) is 5. The zero-order valence-corrected chi connectivity index (χ0v) is 41.2. The summed E-state index contributed by atoms with van der Waals surface area (Å²) in [6.07, 6.45) is 20.9. The number of likely N-dealkylation sites (N-methyl/N-ethyl adjacent to an activating group) is 1. The van der Waals surface area contributed by atoms with Crippen molar-refractivity contribution < 1.29 is 39.6 Å². The number of fused-ring (bicyclic) bond motifs is 5. The van der Waals surface area contributed by atoms with E-state index in [0.717, 1.165) is 24.2 Å². The predicted molar refractivity (Wildman–Crippen MR) is 269 cm³/mol. The topological polar surface area (TPSA) is 216 Å². The Labute approximate surface area is 404 Å². The Bertz CT molecular complexity index is 2070. The van der Waals surface area contributed by atoms with Gasteiger partial charge in [-0.2, -0.15) is 0 Å². The van der Waals surface area contributed by atoms with Gasteiger partial charge >= 0.3 is 0 Å². The Morgan fingerprint density at radius 3 is 2.00 bits per heavy atom. The molecule has 2 aromatic rings. The molecule has 3 rings (SSSR count). The molecule has 0 unspecified atom stereocenters. The van der Waals surface area contributed by atoms with Crippen LogP contribution in [0.15, 0.2) is 73.2 Å². The highest BCUT2D eigenvalue weighted by molar-refractivity contribution is 5.91. The predicted octanol–water partition coefficient (Wildman–Crippen LogP) is 6.15. The third-order valence-electron chi connectivity index (χ3n) is 12.4. The van der Waals surface area contributed by atoms with E-state index in [2.05, 4.69) is 59.3 Å². The summed E-state index contributed by atoms with van der Waals surface area (Å²) >= 11 is 0. The minimum absolute atomic E-state index is 0.123. The normalized spacial score (nSPS) is 17.2. The number of terminal acetylenes is 1. The molecule has 68 heavy (non-hydrogen) atoms. The number of aromatic hydroxyl groups is 2. The highest BCUT2D eigenvalue weighted by Crippen LogP contribution is 2.39. The Hall–Kier alpha value is -5.98. The molecule has 0 aromatic heterocycles. The molecule has 374 valence electrons. The van der Waals surface area contributed by atoms with Crippen LogP contribution in [-0.4, -0.2) is 111 Å². The van der Waals surface area contributed by atoms with Crippen molar-refractivity contribution in [2.24, 2.45) is 0 Å². The molecule has 4 bridgehead atoms. The lowest BCUT2D eigenvalue weighted by molar-refractivity contribution is -0.131. The van der Waals surface area contributed by atoms with E-state index in [4.69, 9.17) is 6.42 Å². The molecule has 6 atom stereocenters. The standard InChI is InChI=1S/C53H79N7O8/c1-10-12-13-14-15-16-17-18-19-20-21-22-23-24-49(65)60(11-2)46(34-61)38(6)56-39(7)51(66)55-32-35(3)59(9)50-42-26-28-48(64)44(31-42)43-29-41(25-27-47(43)63)30-45(37(5)54-33-36(4)62)58-52(67)40(8)57-53(50)68/h2,25-29,31,36,39-40,45-46,50,54,56,61-64H,3,5-6,10,12-24,30,32-34H2,1,4,7-9H3,(H,55,66)(H,57,68)(H,58,67)/t36-,39+,40-,45-,46+,50-/m0/s1. The van der Waals surface area contributed by atoms with Gasteiger partial charge in [0.2, 0.25) is 23.6 Å². The lowest BCUT2D eigenvalue weighted by atomic mass is 9.93. The fourth-order valence-electron chi connectivity index (χ4n) is 8.16. The van der Waals surface area contributed by atoms with Crippen molar-refractivity contribution in [3.05, 3.63) is 84.4 Å². The van der Waals surface area contributed by atoms with Gasteiger partial charge < -0.3 is 51.9 Å². The Balaban J connectivity index is 1.66. The molecule has 15 nitrogen and oxygen atoms in total. The summed E-state index contributed by atoms with van der Waals surface area (Å²) in [5.74, 6) is -2.18. The zero-order valence-electron chi connectivity index (χ0n) is 41.2. The van der Waals surface area contributed by atoms with E-state index in [9.17, 15) is 39.6 Å². The van der Waals surface area contributed by atoms with Crippen LogP contribution in [0.25, 0.3) is 11.1 Å². The maximum absolute atomic E-state index is 14.3. The van der Waals surface area contributed by atoms with Gasteiger partial charge in [-0.3, -0.25) is 24.1 Å². The van der Waals surface area contributed by atoms with Gasteiger partial charge in [-0.15, -0.1) is 0 Å². The number of carbonyl (C=O) groups is 4. The number of unbranched alkanes of at least 4 members (excludes halogenated alkanes) is 12. The van der Waals surface area contributed by atoms with Crippen LogP contribution in [-0.2, 0) is 25.6 Å². The van der Waals surface area contributed by atoms with Crippen LogP contribution >= 0.6 is 0 Å². The number of hydrogen-bond acceptors (Lipinski definition) is 11. The first kappa shape index (κ1) is 56.3. The smallest absolute Gasteiger partial charge is 0.247 e. The fourth-order valence-corrected chi connectivity index (χ4v) is 8.16. The van der Waals surface area contributed by atoms with Crippen molar-refractivity contribution in [1.29, 1.82) is 0 Å². The second kappa shape index (κ2) is 29.0.